The summed E-state index contributed by atoms with van der Waals surface area (Å²) in [5.74, 6) is 0. The third kappa shape index (κ3) is 2.55. The first-order chi connectivity index (χ1) is 8.40. The lowest BCUT2D eigenvalue weighted by atomic mass is 10.2. The number of halogens is 1. The summed E-state index contributed by atoms with van der Waals surface area (Å²) in [6.45, 7) is 1.78. The Hall–Kier alpha value is -1.38. The van der Waals surface area contributed by atoms with E-state index < -0.39 is 10.0 Å². The summed E-state index contributed by atoms with van der Waals surface area (Å²) >= 11 is 6.79. The van der Waals surface area contributed by atoms with Crippen molar-refractivity contribution < 1.29 is 8.42 Å². The molecule has 1 aromatic heterocycles. The zero-order valence-electron chi connectivity index (χ0n) is 9.21. The Morgan fingerprint density at radius 1 is 1.39 bits per heavy atom. The van der Waals surface area contributed by atoms with Gasteiger partial charge in [0.15, 0.2) is 0 Å². The molecule has 0 saturated heterocycles. The van der Waals surface area contributed by atoms with Crippen LogP contribution in [0.1, 0.15) is 5.56 Å². The third-order valence-corrected chi connectivity index (χ3v) is 5.08. The number of nitrogen functional groups attached to an aromatic ring is 1. The van der Waals surface area contributed by atoms with Gasteiger partial charge in [-0.05, 0) is 18.6 Å². The number of aryl methyl sites for hydroxylation is 1. The van der Waals surface area contributed by atoms with Gasteiger partial charge in [-0.2, -0.15) is 8.42 Å². The van der Waals surface area contributed by atoms with Crippen LogP contribution in [0.25, 0.3) is 0 Å². The molecule has 9 heteroatoms. The quantitative estimate of drug-likeness (QED) is 0.902. The van der Waals surface area contributed by atoms with Gasteiger partial charge in [-0.3, -0.25) is 4.72 Å². The fraction of sp³-hybridized carbons (Fsp3) is 0.111. The lowest BCUT2D eigenvalue weighted by Crippen LogP contribution is -2.13. The van der Waals surface area contributed by atoms with Crippen LogP contribution in [0.15, 0.2) is 22.5 Å². The minimum Gasteiger partial charge on any atom is -0.374 e. The highest BCUT2D eigenvalue weighted by Gasteiger charge is 2.20. The van der Waals surface area contributed by atoms with Gasteiger partial charge in [-0.1, -0.05) is 35.1 Å². The van der Waals surface area contributed by atoms with E-state index >= 15 is 0 Å². The van der Waals surface area contributed by atoms with Crippen LogP contribution in [-0.2, 0) is 10.0 Å². The maximum atomic E-state index is 12.0. The maximum Gasteiger partial charge on any atom is 0.291 e. The van der Waals surface area contributed by atoms with E-state index in [2.05, 4.69) is 14.9 Å². The second-order valence-corrected chi connectivity index (χ2v) is 6.69. The number of aromatic nitrogens is 2. The summed E-state index contributed by atoms with van der Waals surface area (Å²) in [5, 5.41) is 7.38. The van der Waals surface area contributed by atoms with Gasteiger partial charge in [-0.15, -0.1) is 10.2 Å². The summed E-state index contributed by atoms with van der Waals surface area (Å²) in [6, 6.07) is 5.05. The van der Waals surface area contributed by atoms with Crippen molar-refractivity contribution in [1.29, 1.82) is 0 Å². The molecule has 1 heterocycles. The van der Waals surface area contributed by atoms with E-state index in [1.807, 2.05) is 0 Å². The topological polar surface area (TPSA) is 98.0 Å². The van der Waals surface area contributed by atoms with E-state index in [-0.39, 0.29) is 9.47 Å². The molecule has 0 aliphatic carbocycles. The van der Waals surface area contributed by atoms with Crippen LogP contribution < -0.4 is 10.5 Å². The number of hydrogen-bond acceptors (Lipinski definition) is 6. The minimum atomic E-state index is -3.80. The Labute approximate surface area is 113 Å². The van der Waals surface area contributed by atoms with Crippen molar-refractivity contribution in [1.82, 2.24) is 10.2 Å². The second-order valence-electron chi connectivity index (χ2n) is 3.45. The molecule has 0 bridgehead atoms. The molecule has 3 N–H and O–H groups in total. The van der Waals surface area contributed by atoms with Crippen molar-refractivity contribution in [3.63, 3.8) is 0 Å². The summed E-state index contributed by atoms with van der Waals surface area (Å²) in [4.78, 5) is 0. The molecule has 0 fully saturated rings. The van der Waals surface area contributed by atoms with Gasteiger partial charge in [0.1, 0.15) is 0 Å². The van der Waals surface area contributed by atoms with Crippen molar-refractivity contribution in [2.75, 3.05) is 10.5 Å². The maximum absolute atomic E-state index is 12.0. The lowest BCUT2D eigenvalue weighted by Gasteiger charge is -2.08. The van der Waals surface area contributed by atoms with Gasteiger partial charge in [0.05, 0.1) is 10.7 Å². The predicted octanol–water partition coefficient (Wildman–Crippen LogP) is 1.88. The highest BCUT2D eigenvalue weighted by atomic mass is 35.5. The van der Waals surface area contributed by atoms with Crippen LogP contribution in [0, 0.1) is 6.92 Å². The van der Waals surface area contributed by atoms with Gasteiger partial charge in [0, 0.05) is 0 Å². The van der Waals surface area contributed by atoms with Crippen LogP contribution in [-0.4, -0.2) is 18.6 Å². The Kier molecular flexibility index (Phi) is 3.42. The average molecular weight is 305 g/mol. The molecule has 0 saturated carbocycles. The van der Waals surface area contributed by atoms with E-state index in [4.69, 9.17) is 17.3 Å². The summed E-state index contributed by atoms with van der Waals surface area (Å²) in [5.41, 5.74) is 6.42. The van der Waals surface area contributed by atoms with Crippen LogP contribution >= 0.6 is 22.9 Å². The average Bonchev–Trinajstić information content (AvgIpc) is 2.72. The fourth-order valence-corrected chi connectivity index (χ4v) is 3.33. The molecule has 0 spiro atoms. The first-order valence-corrected chi connectivity index (χ1v) is 7.45. The van der Waals surface area contributed by atoms with Crippen LogP contribution in [0.4, 0.5) is 10.8 Å². The molecule has 2 rings (SSSR count). The van der Waals surface area contributed by atoms with Crippen molar-refractivity contribution in [2.45, 2.75) is 11.3 Å². The van der Waals surface area contributed by atoms with Gasteiger partial charge in [0.25, 0.3) is 14.4 Å². The van der Waals surface area contributed by atoms with E-state index in [0.717, 1.165) is 16.9 Å². The molecule has 0 atom stereocenters. The number of hydrogen-bond donors (Lipinski definition) is 2. The third-order valence-electron chi connectivity index (χ3n) is 2.09. The first-order valence-electron chi connectivity index (χ1n) is 4.77. The monoisotopic (exact) mass is 304 g/mol. The summed E-state index contributed by atoms with van der Waals surface area (Å²) < 4.78 is 26.1. The number of nitrogens with zero attached hydrogens (tertiary/aromatic N) is 2. The molecule has 0 aliphatic heterocycles. The van der Waals surface area contributed by atoms with E-state index in [9.17, 15) is 8.42 Å². The molecule has 96 valence electrons. The second kappa shape index (κ2) is 4.71. The van der Waals surface area contributed by atoms with Crippen LogP contribution in [0.5, 0.6) is 0 Å². The molecular weight excluding hydrogens is 296 g/mol. The Morgan fingerprint density at radius 2 is 2.11 bits per heavy atom. The molecule has 0 amide bonds. The van der Waals surface area contributed by atoms with Crippen LogP contribution in [0.2, 0.25) is 5.02 Å². The minimum absolute atomic E-state index is 0.0886. The van der Waals surface area contributed by atoms with Crippen LogP contribution in [0.3, 0.4) is 0 Å². The van der Waals surface area contributed by atoms with Crippen molar-refractivity contribution in [3.05, 3.63) is 28.8 Å². The lowest BCUT2D eigenvalue weighted by molar-refractivity contribution is 0.599. The standard InChI is InChI=1S/C9H9ClN4O2S2/c1-5-3-2-4-6(7(5)10)14-18(15,16)9-13-12-8(11)17-9/h2-4,14H,1H3,(H2,11,12). The summed E-state index contributed by atoms with van der Waals surface area (Å²) in [6.07, 6.45) is 0. The number of nitrogens with one attached hydrogen (secondary N) is 1. The van der Waals surface area contributed by atoms with Crippen molar-refractivity contribution in [3.8, 4) is 0 Å². The first kappa shape index (κ1) is 13.1. The van der Waals surface area contributed by atoms with E-state index in [0.29, 0.717) is 10.7 Å². The highest BCUT2D eigenvalue weighted by molar-refractivity contribution is 7.94. The van der Waals surface area contributed by atoms with Crippen molar-refractivity contribution in [2.24, 2.45) is 0 Å². The number of anilines is 2. The van der Waals surface area contributed by atoms with Gasteiger partial charge in [-0.25, -0.2) is 0 Å². The van der Waals surface area contributed by atoms with Gasteiger partial charge < -0.3 is 5.73 Å². The molecule has 18 heavy (non-hydrogen) atoms. The Morgan fingerprint density at radius 3 is 2.72 bits per heavy atom. The van der Waals surface area contributed by atoms with Gasteiger partial charge >= 0.3 is 0 Å². The number of benzene rings is 1. The van der Waals surface area contributed by atoms with E-state index in [1.54, 1.807) is 25.1 Å². The van der Waals surface area contributed by atoms with Gasteiger partial charge in [0.2, 0.25) is 5.13 Å². The molecule has 6 nitrogen and oxygen atoms in total. The number of nitrogens with two attached hydrogens (primary N) is 1. The molecule has 2 aromatic rings. The fourth-order valence-electron chi connectivity index (χ4n) is 1.24. The summed E-state index contributed by atoms with van der Waals surface area (Å²) in [7, 11) is -3.80. The van der Waals surface area contributed by atoms with E-state index in [1.165, 1.54) is 0 Å². The highest BCUT2D eigenvalue weighted by Crippen LogP contribution is 2.28. The molecular formula is C9H9ClN4O2S2. The smallest absolute Gasteiger partial charge is 0.291 e. The normalized spacial score (nSPS) is 11.4. The number of sulfonamides is 1. The SMILES string of the molecule is Cc1cccc(NS(=O)(=O)c2nnc(N)s2)c1Cl. The molecule has 0 unspecified atom stereocenters. The Balaban J connectivity index is 2.37. The Bertz CT molecular complexity index is 684. The zero-order valence-corrected chi connectivity index (χ0v) is 11.6. The van der Waals surface area contributed by atoms with Crippen molar-refractivity contribution >= 4 is 43.8 Å². The largest absolute Gasteiger partial charge is 0.374 e. The molecule has 0 aliphatic rings. The number of rotatable bonds is 3. The molecule has 1 aromatic carbocycles. The zero-order chi connectivity index (χ0) is 13.3. The molecule has 0 radical (unpaired) electrons. The predicted molar refractivity (Wildman–Crippen MR) is 71.3 cm³/mol.